The fourth-order valence-corrected chi connectivity index (χ4v) is 3.53. The summed E-state index contributed by atoms with van der Waals surface area (Å²) in [7, 11) is 0. The number of rotatable bonds is 6. The van der Waals surface area contributed by atoms with Crippen LogP contribution in [0.5, 0.6) is 5.75 Å². The fraction of sp³-hybridized carbons (Fsp3) is 0.294. The zero-order chi connectivity index (χ0) is 19.4. The van der Waals surface area contributed by atoms with Crippen molar-refractivity contribution in [2.24, 2.45) is 0 Å². The van der Waals surface area contributed by atoms with E-state index >= 15 is 0 Å². The van der Waals surface area contributed by atoms with E-state index in [9.17, 15) is 14.4 Å². The van der Waals surface area contributed by atoms with E-state index in [0.717, 1.165) is 4.47 Å². The zero-order valence-corrected chi connectivity index (χ0v) is 16.8. The highest BCUT2D eigenvalue weighted by Gasteiger charge is 2.27. The molecule has 0 unspecified atom stereocenters. The summed E-state index contributed by atoms with van der Waals surface area (Å²) < 4.78 is 11.1. The fourth-order valence-electron chi connectivity index (χ4n) is 2.46. The summed E-state index contributed by atoms with van der Waals surface area (Å²) in [5.41, 5.74) is 1.05. The molecule has 0 spiro atoms. The molecule has 0 bridgehead atoms. The molecule has 0 saturated carbocycles. The number of hydrogen-bond donors (Lipinski definition) is 1. The normalized spacial score (nSPS) is 13.0. The number of ether oxygens (including phenoxy) is 2. The number of fused-ring (bicyclic) bond motifs is 1. The van der Waals surface area contributed by atoms with Gasteiger partial charge < -0.3 is 14.8 Å². The van der Waals surface area contributed by atoms with Crippen molar-refractivity contribution in [3.63, 3.8) is 0 Å². The lowest BCUT2D eigenvalue weighted by Gasteiger charge is -2.28. The van der Waals surface area contributed by atoms with Gasteiger partial charge in [0, 0.05) is 9.85 Å². The highest BCUT2D eigenvalue weighted by molar-refractivity contribution is 9.10. The number of carbonyl (C=O) groups excluding carboxylic acids is 3. The van der Waals surface area contributed by atoms with Crippen molar-refractivity contribution >= 4 is 55.9 Å². The lowest BCUT2D eigenvalue weighted by atomic mass is 10.2. The number of nitrogens with zero attached hydrogens (tertiary/aromatic N) is 2. The van der Waals surface area contributed by atoms with Gasteiger partial charge in [0.2, 0.25) is 5.91 Å². The van der Waals surface area contributed by atoms with Crippen LogP contribution in [0.3, 0.4) is 0 Å². The summed E-state index contributed by atoms with van der Waals surface area (Å²) in [6.45, 7) is 1.74. The van der Waals surface area contributed by atoms with E-state index in [4.69, 9.17) is 9.47 Å². The minimum absolute atomic E-state index is 0.0460. The molecule has 3 rings (SSSR count). The Morgan fingerprint density at radius 2 is 2.26 bits per heavy atom. The van der Waals surface area contributed by atoms with E-state index in [0.29, 0.717) is 28.9 Å². The molecular weight excluding hydrogens is 438 g/mol. The van der Waals surface area contributed by atoms with Gasteiger partial charge in [0.1, 0.15) is 12.3 Å². The largest absolute Gasteiger partial charge is 0.482 e. The third kappa shape index (κ3) is 4.83. The van der Waals surface area contributed by atoms with Crippen molar-refractivity contribution in [3.05, 3.63) is 33.7 Å². The molecule has 142 valence electrons. The van der Waals surface area contributed by atoms with Crippen molar-refractivity contribution in [3.8, 4) is 5.75 Å². The number of hydrogen-bond acceptors (Lipinski definition) is 7. The van der Waals surface area contributed by atoms with Crippen LogP contribution in [0.4, 0.5) is 10.8 Å². The SMILES string of the molecule is CCOC(=O)Cc1csc(NC(=O)CN2C(=O)COc3cc(Br)ccc32)n1. The molecule has 0 radical (unpaired) electrons. The molecule has 0 atom stereocenters. The minimum atomic E-state index is -0.392. The Morgan fingerprint density at radius 1 is 1.44 bits per heavy atom. The van der Waals surface area contributed by atoms with Crippen molar-refractivity contribution in [2.45, 2.75) is 13.3 Å². The van der Waals surface area contributed by atoms with Gasteiger partial charge >= 0.3 is 5.97 Å². The lowest BCUT2D eigenvalue weighted by molar-refractivity contribution is -0.142. The van der Waals surface area contributed by atoms with Crippen molar-refractivity contribution in [1.29, 1.82) is 0 Å². The van der Waals surface area contributed by atoms with Gasteiger partial charge in [-0.2, -0.15) is 0 Å². The predicted octanol–water partition coefficient (Wildman–Crippen LogP) is 2.38. The molecule has 0 saturated heterocycles. The quantitative estimate of drug-likeness (QED) is 0.674. The first-order valence-electron chi connectivity index (χ1n) is 8.09. The Morgan fingerprint density at radius 3 is 3.04 bits per heavy atom. The molecule has 2 heterocycles. The number of nitrogens with one attached hydrogen (secondary N) is 1. The van der Waals surface area contributed by atoms with Gasteiger partial charge in [0.25, 0.3) is 5.91 Å². The molecule has 10 heteroatoms. The molecule has 2 amide bonds. The molecule has 2 aromatic rings. The maximum Gasteiger partial charge on any atom is 0.311 e. The van der Waals surface area contributed by atoms with Gasteiger partial charge in [-0.3, -0.25) is 19.3 Å². The molecule has 27 heavy (non-hydrogen) atoms. The van der Waals surface area contributed by atoms with Gasteiger partial charge in [-0.05, 0) is 25.1 Å². The Labute approximate surface area is 167 Å². The van der Waals surface area contributed by atoms with E-state index in [2.05, 4.69) is 26.2 Å². The first-order chi connectivity index (χ1) is 13.0. The number of aromatic nitrogens is 1. The van der Waals surface area contributed by atoms with Crippen LogP contribution < -0.4 is 15.0 Å². The molecule has 1 N–H and O–H groups in total. The summed E-state index contributed by atoms with van der Waals surface area (Å²) in [6.07, 6.45) is 0.0460. The predicted molar refractivity (Wildman–Crippen MR) is 103 cm³/mol. The standard InChI is InChI=1S/C17H16BrN3O5S/c1-2-25-16(24)6-11-9-27-17(19-11)20-14(22)7-21-12-4-3-10(18)5-13(12)26-8-15(21)23/h3-5,9H,2,6-8H2,1H3,(H,19,20,22). The van der Waals surface area contributed by atoms with Gasteiger partial charge in [-0.1, -0.05) is 15.9 Å². The van der Waals surface area contributed by atoms with Crippen LogP contribution in [0, 0.1) is 0 Å². The van der Waals surface area contributed by atoms with Crippen molar-refractivity contribution in [2.75, 3.05) is 30.0 Å². The average Bonchev–Trinajstić information content (AvgIpc) is 3.04. The second kappa shape index (κ2) is 8.49. The van der Waals surface area contributed by atoms with Crippen LogP contribution in [0.1, 0.15) is 12.6 Å². The lowest BCUT2D eigenvalue weighted by Crippen LogP contribution is -2.43. The van der Waals surface area contributed by atoms with E-state index in [-0.39, 0.29) is 31.4 Å². The van der Waals surface area contributed by atoms with Crippen molar-refractivity contribution in [1.82, 2.24) is 4.98 Å². The van der Waals surface area contributed by atoms with E-state index in [1.165, 1.54) is 16.2 Å². The Balaban J connectivity index is 1.64. The van der Waals surface area contributed by atoms with Crippen molar-refractivity contribution < 1.29 is 23.9 Å². The molecule has 1 aliphatic rings. The van der Waals surface area contributed by atoms with E-state index in [1.54, 1.807) is 30.5 Å². The summed E-state index contributed by atoms with van der Waals surface area (Å²) in [5.74, 6) is -0.539. The van der Waals surface area contributed by atoms with Crippen LogP contribution in [0.15, 0.2) is 28.1 Å². The van der Waals surface area contributed by atoms with Crippen LogP contribution >= 0.6 is 27.3 Å². The summed E-state index contributed by atoms with van der Waals surface area (Å²) in [6, 6.07) is 5.23. The van der Waals surface area contributed by atoms with Crippen LogP contribution in [-0.4, -0.2) is 42.5 Å². The second-order valence-corrected chi connectivity index (χ2v) is 7.33. The van der Waals surface area contributed by atoms with E-state index in [1.807, 2.05) is 0 Å². The van der Waals surface area contributed by atoms with Crippen LogP contribution in [0.2, 0.25) is 0 Å². The number of anilines is 2. The van der Waals surface area contributed by atoms with Gasteiger partial charge in [-0.15, -0.1) is 11.3 Å². The van der Waals surface area contributed by atoms with Gasteiger partial charge in [-0.25, -0.2) is 4.98 Å². The third-order valence-corrected chi connectivity index (χ3v) is 4.90. The molecule has 1 aromatic carbocycles. The second-order valence-electron chi connectivity index (χ2n) is 5.55. The zero-order valence-electron chi connectivity index (χ0n) is 14.4. The van der Waals surface area contributed by atoms with Gasteiger partial charge in [0.15, 0.2) is 11.7 Å². The summed E-state index contributed by atoms with van der Waals surface area (Å²) >= 11 is 4.55. The first kappa shape index (κ1) is 19.3. The minimum Gasteiger partial charge on any atom is -0.482 e. The molecule has 8 nitrogen and oxygen atoms in total. The highest BCUT2D eigenvalue weighted by Crippen LogP contribution is 2.34. The number of halogens is 1. The third-order valence-electron chi connectivity index (χ3n) is 3.60. The summed E-state index contributed by atoms with van der Waals surface area (Å²) in [4.78, 5) is 41.6. The number of carbonyl (C=O) groups is 3. The van der Waals surface area contributed by atoms with Gasteiger partial charge in [0.05, 0.1) is 24.4 Å². The average molecular weight is 454 g/mol. The molecule has 1 aliphatic heterocycles. The maximum atomic E-state index is 12.4. The Bertz CT molecular complexity index is 885. The Kier molecular flexibility index (Phi) is 6.07. The molecule has 0 aliphatic carbocycles. The smallest absolute Gasteiger partial charge is 0.311 e. The topological polar surface area (TPSA) is 97.8 Å². The van der Waals surface area contributed by atoms with Crippen LogP contribution in [0.25, 0.3) is 0 Å². The Hall–Kier alpha value is -2.46. The molecule has 0 fully saturated rings. The molecule has 1 aromatic heterocycles. The highest BCUT2D eigenvalue weighted by atomic mass is 79.9. The number of benzene rings is 1. The molecular formula is C17H16BrN3O5S. The first-order valence-corrected chi connectivity index (χ1v) is 9.76. The van der Waals surface area contributed by atoms with Crippen LogP contribution in [-0.2, 0) is 25.5 Å². The number of amides is 2. The number of thiazole rings is 1. The maximum absolute atomic E-state index is 12.4. The monoisotopic (exact) mass is 453 g/mol. The summed E-state index contributed by atoms with van der Waals surface area (Å²) in [5, 5.41) is 4.69. The number of esters is 1. The van der Waals surface area contributed by atoms with E-state index < -0.39 is 5.91 Å².